The molecule has 0 saturated heterocycles. The molecule has 0 atom stereocenters. The highest BCUT2D eigenvalue weighted by atomic mass is 127. The smallest absolute Gasteiger partial charge is 0.129 e. The number of rotatable bonds is 0. The molecule has 0 aromatic carbocycles. The van der Waals surface area contributed by atoms with Crippen LogP contribution in [0.4, 0.5) is 5.82 Å². The fraction of sp³-hybridized carbons (Fsp3) is 0.500. The van der Waals surface area contributed by atoms with Gasteiger partial charge in [0.2, 0.25) is 0 Å². The molecule has 1 saturated carbocycles. The predicted octanol–water partition coefficient (Wildman–Crippen LogP) is 2.53. The van der Waals surface area contributed by atoms with Crippen LogP contribution in [-0.4, -0.2) is 11.5 Å². The average molecular weight is 286 g/mol. The molecule has 1 aromatic rings. The maximum Gasteiger partial charge on any atom is 0.129 e. The van der Waals surface area contributed by atoms with E-state index < -0.39 is 0 Å². The first-order valence-corrected chi connectivity index (χ1v) is 5.78. The van der Waals surface area contributed by atoms with Crippen molar-refractivity contribution in [3.8, 4) is 0 Å². The molecule has 1 N–H and O–H groups in total. The van der Waals surface area contributed by atoms with Crippen molar-refractivity contribution in [2.45, 2.75) is 24.7 Å². The van der Waals surface area contributed by atoms with Crippen molar-refractivity contribution in [1.29, 1.82) is 0 Å². The van der Waals surface area contributed by atoms with Gasteiger partial charge in [-0.2, -0.15) is 0 Å². The van der Waals surface area contributed by atoms with Gasteiger partial charge in [-0.05, 0) is 47.9 Å². The zero-order valence-electron chi connectivity index (χ0n) is 7.31. The molecule has 1 aliphatic carbocycles. The largest absolute Gasteiger partial charge is 0.370 e. The van der Waals surface area contributed by atoms with Crippen LogP contribution < -0.4 is 5.32 Å². The van der Waals surface area contributed by atoms with Gasteiger partial charge in [-0.25, -0.2) is 4.98 Å². The summed E-state index contributed by atoms with van der Waals surface area (Å²) in [6, 6.07) is 2.29. The number of aromatic nitrogens is 1. The first-order chi connectivity index (χ1) is 6.30. The SMILES string of the molecule is Ic1cnc2c(c1)C1(CCN2)CC1. The second-order valence-corrected chi connectivity index (χ2v) is 5.25. The van der Waals surface area contributed by atoms with Crippen LogP contribution in [0.5, 0.6) is 0 Å². The fourth-order valence-electron chi connectivity index (χ4n) is 2.21. The van der Waals surface area contributed by atoms with E-state index in [0.29, 0.717) is 5.41 Å². The lowest BCUT2D eigenvalue weighted by atomic mass is 9.90. The highest BCUT2D eigenvalue weighted by Gasteiger charge is 2.47. The molecule has 1 spiro atoms. The Balaban J connectivity index is 2.16. The molecule has 1 aliphatic heterocycles. The molecule has 2 heterocycles. The van der Waals surface area contributed by atoms with Crippen molar-refractivity contribution in [3.63, 3.8) is 0 Å². The third kappa shape index (κ3) is 1.16. The minimum absolute atomic E-state index is 0.523. The van der Waals surface area contributed by atoms with E-state index in [-0.39, 0.29) is 0 Å². The van der Waals surface area contributed by atoms with Crippen molar-refractivity contribution in [1.82, 2.24) is 4.98 Å². The molecule has 0 amide bonds. The molecular weight excluding hydrogens is 275 g/mol. The second-order valence-electron chi connectivity index (χ2n) is 4.01. The molecule has 68 valence electrons. The highest BCUT2D eigenvalue weighted by molar-refractivity contribution is 14.1. The lowest BCUT2D eigenvalue weighted by molar-refractivity contribution is 0.616. The summed E-state index contributed by atoms with van der Waals surface area (Å²) in [7, 11) is 0. The van der Waals surface area contributed by atoms with Crippen LogP contribution in [0.3, 0.4) is 0 Å². The number of hydrogen-bond donors (Lipinski definition) is 1. The van der Waals surface area contributed by atoms with Crippen LogP contribution in [-0.2, 0) is 5.41 Å². The fourth-order valence-corrected chi connectivity index (χ4v) is 2.66. The zero-order valence-corrected chi connectivity index (χ0v) is 9.47. The van der Waals surface area contributed by atoms with Crippen LogP contribution >= 0.6 is 22.6 Å². The molecular formula is C10H11IN2. The molecule has 0 radical (unpaired) electrons. The second kappa shape index (κ2) is 2.59. The molecule has 2 nitrogen and oxygen atoms in total. The first-order valence-electron chi connectivity index (χ1n) is 4.70. The Kier molecular flexibility index (Phi) is 1.60. The number of nitrogens with zero attached hydrogens (tertiary/aromatic N) is 1. The zero-order chi connectivity index (χ0) is 8.89. The molecule has 13 heavy (non-hydrogen) atoms. The van der Waals surface area contributed by atoms with Gasteiger partial charge in [-0.15, -0.1) is 0 Å². The highest BCUT2D eigenvalue weighted by Crippen LogP contribution is 2.54. The van der Waals surface area contributed by atoms with Gasteiger partial charge >= 0.3 is 0 Å². The Labute approximate surface area is 91.3 Å². The van der Waals surface area contributed by atoms with E-state index in [4.69, 9.17) is 0 Å². The van der Waals surface area contributed by atoms with E-state index in [1.54, 1.807) is 0 Å². The Morgan fingerprint density at radius 2 is 2.23 bits per heavy atom. The number of halogens is 1. The first kappa shape index (κ1) is 8.03. The lowest BCUT2D eigenvalue weighted by Gasteiger charge is -2.25. The molecule has 3 rings (SSSR count). The maximum atomic E-state index is 4.44. The van der Waals surface area contributed by atoms with Crippen molar-refractivity contribution >= 4 is 28.4 Å². The number of fused-ring (bicyclic) bond motifs is 2. The third-order valence-corrected chi connectivity index (χ3v) is 3.77. The Morgan fingerprint density at radius 1 is 1.38 bits per heavy atom. The van der Waals surface area contributed by atoms with E-state index in [9.17, 15) is 0 Å². The normalized spacial score (nSPS) is 22.2. The van der Waals surface area contributed by atoms with Crippen LogP contribution in [0, 0.1) is 3.57 Å². The van der Waals surface area contributed by atoms with Crippen molar-refractivity contribution in [2.75, 3.05) is 11.9 Å². The topological polar surface area (TPSA) is 24.9 Å². The Bertz CT molecular complexity index is 358. The Morgan fingerprint density at radius 3 is 3.00 bits per heavy atom. The summed E-state index contributed by atoms with van der Waals surface area (Å²) in [6.45, 7) is 1.10. The average Bonchev–Trinajstić information content (AvgIpc) is 2.88. The Hall–Kier alpha value is -0.320. The molecule has 1 aromatic heterocycles. The van der Waals surface area contributed by atoms with Crippen molar-refractivity contribution in [2.24, 2.45) is 0 Å². The maximum absolute atomic E-state index is 4.44. The summed E-state index contributed by atoms with van der Waals surface area (Å²) >= 11 is 2.34. The van der Waals surface area contributed by atoms with Gasteiger partial charge in [0, 0.05) is 27.3 Å². The quantitative estimate of drug-likeness (QED) is 0.741. The summed E-state index contributed by atoms with van der Waals surface area (Å²) < 4.78 is 1.26. The van der Waals surface area contributed by atoms with E-state index >= 15 is 0 Å². The molecule has 1 fully saturated rings. The van der Waals surface area contributed by atoms with Gasteiger partial charge in [-0.3, -0.25) is 0 Å². The van der Waals surface area contributed by atoms with E-state index in [0.717, 1.165) is 12.4 Å². The van der Waals surface area contributed by atoms with E-state index in [1.165, 1.54) is 28.4 Å². The van der Waals surface area contributed by atoms with Gasteiger partial charge in [0.25, 0.3) is 0 Å². The summed E-state index contributed by atoms with van der Waals surface area (Å²) in [4.78, 5) is 4.44. The van der Waals surface area contributed by atoms with Crippen LogP contribution in [0.2, 0.25) is 0 Å². The molecule has 0 bridgehead atoms. The van der Waals surface area contributed by atoms with Crippen LogP contribution in [0.25, 0.3) is 0 Å². The summed E-state index contributed by atoms with van der Waals surface area (Å²) in [5, 5.41) is 3.37. The van der Waals surface area contributed by atoms with E-state index in [2.05, 4.69) is 39.0 Å². The van der Waals surface area contributed by atoms with Gasteiger partial charge in [0.05, 0.1) is 0 Å². The summed E-state index contributed by atoms with van der Waals surface area (Å²) in [6.07, 6.45) is 5.96. The third-order valence-electron chi connectivity index (χ3n) is 3.18. The van der Waals surface area contributed by atoms with Gasteiger partial charge in [0.15, 0.2) is 0 Å². The van der Waals surface area contributed by atoms with Crippen molar-refractivity contribution < 1.29 is 0 Å². The number of anilines is 1. The predicted molar refractivity (Wildman–Crippen MR) is 61.0 cm³/mol. The van der Waals surface area contributed by atoms with E-state index in [1.807, 2.05) is 6.20 Å². The van der Waals surface area contributed by atoms with Gasteiger partial charge in [-0.1, -0.05) is 0 Å². The monoisotopic (exact) mass is 286 g/mol. The van der Waals surface area contributed by atoms with Crippen molar-refractivity contribution in [3.05, 3.63) is 21.4 Å². The lowest BCUT2D eigenvalue weighted by Crippen LogP contribution is -2.23. The number of nitrogens with one attached hydrogen (secondary N) is 1. The van der Waals surface area contributed by atoms with Gasteiger partial charge in [0.1, 0.15) is 5.82 Å². The summed E-state index contributed by atoms with van der Waals surface area (Å²) in [5.74, 6) is 1.13. The summed E-state index contributed by atoms with van der Waals surface area (Å²) in [5.41, 5.74) is 1.99. The standard InChI is InChI=1S/C10H11IN2/c11-7-5-8-9(13-6-7)12-4-3-10(8)1-2-10/h5-6H,1-4H2,(H,12,13). The molecule has 0 unspecified atom stereocenters. The van der Waals surface area contributed by atoms with Crippen LogP contribution in [0.15, 0.2) is 12.3 Å². The molecule has 3 heteroatoms. The molecule has 2 aliphatic rings. The minimum atomic E-state index is 0.523. The minimum Gasteiger partial charge on any atom is -0.370 e. The van der Waals surface area contributed by atoms with Crippen LogP contribution in [0.1, 0.15) is 24.8 Å². The van der Waals surface area contributed by atoms with Gasteiger partial charge < -0.3 is 5.32 Å². The number of hydrogen-bond acceptors (Lipinski definition) is 2. The number of pyridine rings is 1.